The Morgan fingerprint density at radius 3 is 2.09 bits per heavy atom. The van der Waals surface area contributed by atoms with Gasteiger partial charge in [0.25, 0.3) is 0 Å². The maximum absolute atomic E-state index is 11.4. The Morgan fingerprint density at radius 2 is 1.57 bits per heavy atom. The molecule has 0 aliphatic carbocycles. The van der Waals surface area contributed by atoms with Gasteiger partial charge in [0.15, 0.2) is 5.78 Å². The fourth-order valence-electron chi connectivity index (χ4n) is 2.41. The quantitative estimate of drug-likeness (QED) is 0.408. The van der Waals surface area contributed by atoms with Crippen LogP contribution >= 0.6 is 0 Å². The van der Waals surface area contributed by atoms with E-state index in [1.807, 2.05) is 26.0 Å². The van der Waals surface area contributed by atoms with Gasteiger partial charge in [-0.2, -0.15) is 0 Å². The number of benzene rings is 1. The molecular formula is C21H34O2. The van der Waals surface area contributed by atoms with E-state index in [1.54, 1.807) is 6.92 Å². The van der Waals surface area contributed by atoms with Gasteiger partial charge in [0.05, 0.1) is 0 Å². The van der Waals surface area contributed by atoms with E-state index in [4.69, 9.17) is 0 Å². The normalized spacial score (nSPS) is 9.96. The third-order valence-corrected chi connectivity index (χ3v) is 3.82. The molecule has 0 heterocycles. The fourth-order valence-corrected chi connectivity index (χ4v) is 2.41. The molecule has 0 saturated heterocycles. The maximum atomic E-state index is 11.4. The van der Waals surface area contributed by atoms with Crippen LogP contribution in [0.2, 0.25) is 0 Å². The van der Waals surface area contributed by atoms with Crippen LogP contribution in [0.5, 0.6) is 0 Å². The highest BCUT2D eigenvalue weighted by Crippen LogP contribution is 2.12. The van der Waals surface area contributed by atoms with E-state index in [1.165, 1.54) is 36.8 Å². The first kappa shape index (κ1) is 21.6. The minimum atomic E-state index is 0.235. The number of Topliss-reactive ketones (excluding diaryl/α,β-unsaturated/α-hetero) is 2. The largest absolute Gasteiger partial charge is 0.300 e. The summed E-state index contributed by atoms with van der Waals surface area (Å²) in [5, 5.41) is 0. The lowest BCUT2D eigenvalue weighted by Crippen LogP contribution is -1.98. The van der Waals surface area contributed by atoms with Crippen LogP contribution in [0.15, 0.2) is 18.2 Å². The third-order valence-electron chi connectivity index (χ3n) is 3.82. The molecule has 1 aromatic carbocycles. The predicted octanol–water partition coefficient (Wildman–Crippen LogP) is 6.09. The standard InChI is InChI=1S/C12H16O.C9H18O/c1-4-10-6-9(3)7-11(8-10)12(13)5-2;1-3-4-5-6-7-8-9(2)10/h6-8H,4-5H2,1-3H3;3-8H2,1-2H3. The second-order valence-electron chi connectivity index (χ2n) is 6.20. The van der Waals surface area contributed by atoms with Gasteiger partial charge in [-0.25, -0.2) is 0 Å². The van der Waals surface area contributed by atoms with E-state index < -0.39 is 0 Å². The average Bonchev–Trinajstić information content (AvgIpc) is 2.53. The first-order chi connectivity index (χ1) is 10.9. The molecule has 0 atom stereocenters. The van der Waals surface area contributed by atoms with Crippen LogP contribution < -0.4 is 0 Å². The van der Waals surface area contributed by atoms with Crippen LogP contribution in [-0.4, -0.2) is 11.6 Å². The van der Waals surface area contributed by atoms with Crippen LogP contribution in [0.3, 0.4) is 0 Å². The Morgan fingerprint density at radius 1 is 0.913 bits per heavy atom. The molecule has 130 valence electrons. The van der Waals surface area contributed by atoms with Crippen molar-refractivity contribution >= 4 is 11.6 Å². The Hall–Kier alpha value is -1.44. The summed E-state index contributed by atoms with van der Waals surface area (Å²) in [6.07, 6.45) is 8.58. The minimum absolute atomic E-state index is 0.235. The summed E-state index contributed by atoms with van der Waals surface area (Å²) >= 11 is 0. The molecule has 0 aliphatic rings. The van der Waals surface area contributed by atoms with E-state index in [-0.39, 0.29) is 5.78 Å². The lowest BCUT2D eigenvalue weighted by Gasteiger charge is -2.03. The number of unbranched alkanes of at least 4 members (excludes halogenated alkanes) is 4. The van der Waals surface area contributed by atoms with Crippen molar-refractivity contribution in [2.24, 2.45) is 0 Å². The van der Waals surface area contributed by atoms with Crippen molar-refractivity contribution in [3.8, 4) is 0 Å². The molecule has 0 aliphatic heterocycles. The smallest absolute Gasteiger partial charge is 0.162 e. The first-order valence-corrected chi connectivity index (χ1v) is 9.07. The zero-order chi connectivity index (χ0) is 17.7. The van der Waals surface area contributed by atoms with Crippen LogP contribution in [0.1, 0.15) is 94.1 Å². The second kappa shape index (κ2) is 13.0. The SMILES string of the molecule is CCC(=O)c1cc(C)cc(CC)c1.CCCCCCCC(C)=O. The summed E-state index contributed by atoms with van der Waals surface area (Å²) in [5.74, 6) is 0.565. The number of carbonyl (C=O) groups excluding carboxylic acids is 2. The zero-order valence-corrected chi connectivity index (χ0v) is 15.7. The number of hydrogen-bond donors (Lipinski definition) is 0. The summed E-state index contributed by atoms with van der Waals surface area (Å²) in [6.45, 7) is 9.90. The number of ketones is 2. The van der Waals surface area contributed by atoms with Gasteiger partial charge in [0.1, 0.15) is 5.78 Å². The molecule has 0 saturated carbocycles. The summed E-state index contributed by atoms with van der Waals surface area (Å²) in [5.41, 5.74) is 3.28. The van der Waals surface area contributed by atoms with E-state index in [0.717, 1.165) is 24.8 Å². The molecule has 0 aromatic heterocycles. The molecule has 0 radical (unpaired) electrons. The van der Waals surface area contributed by atoms with Gasteiger partial charge in [-0.1, -0.05) is 58.1 Å². The van der Waals surface area contributed by atoms with Gasteiger partial charge in [0, 0.05) is 18.4 Å². The highest BCUT2D eigenvalue weighted by molar-refractivity contribution is 5.96. The van der Waals surface area contributed by atoms with E-state index in [9.17, 15) is 9.59 Å². The monoisotopic (exact) mass is 318 g/mol. The lowest BCUT2D eigenvalue weighted by molar-refractivity contribution is -0.117. The highest BCUT2D eigenvalue weighted by atomic mass is 16.1. The van der Waals surface area contributed by atoms with Crippen LogP contribution in [0.25, 0.3) is 0 Å². The predicted molar refractivity (Wildman–Crippen MR) is 99.2 cm³/mol. The molecule has 23 heavy (non-hydrogen) atoms. The summed E-state index contributed by atoms with van der Waals surface area (Å²) in [6, 6.07) is 6.09. The van der Waals surface area contributed by atoms with Gasteiger partial charge in [-0.05, 0) is 44.4 Å². The maximum Gasteiger partial charge on any atom is 0.162 e. The van der Waals surface area contributed by atoms with Crippen molar-refractivity contribution in [2.75, 3.05) is 0 Å². The molecule has 2 heteroatoms. The summed E-state index contributed by atoms with van der Waals surface area (Å²) in [7, 11) is 0. The van der Waals surface area contributed by atoms with Crippen molar-refractivity contribution < 1.29 is 9.59 Å². The number of rotatable bonds is 9. The second-order valence-corrected chi connectivity index (χ2v) is 6.20. The van der Waals surface area contributed by atoms with E-state index in [2.05, 4.69) is 19.9 Å². The lowest BCUT2D eigenvalue weighted by atomic mass is 10.0. The van der Waals surface area contributed by atoms with E-state index >= 15 is 0 Å². The van der Waals surface area contributed by atoms with Gasteiger partial charge < -0.3 is 4.79 Å². The minimum Gasteiger partial charge on any atom is -0.300 e. The van der Waals surface area contributed by atoms with Gasteiger partial charge >= 0.3 is 0 Å². The van der Waals surface area contributed by atoms with Crippen LogP contribution in [-0.2, 0) is 11.2 Å². The summed E-state index contributed by atoms with van der Waals surface area (Å²) < 4.78 is 0. The first-order valence-electron chi connectivity index (χ1n) is 9.07. The van der Waals surface area contributed by atoms with Crippen molar-refractivity contribution in [3.05, 3.63) is 34.9 Å². The topological polar surface area (TPSA) is 34.1 Å². The van der Waals surface area contributed by atoms with Crippen molar-refractivity contribution in [1.29, 1.82) is 0 Å². The van der Waals surface area contributed by atoms with Crippen LogP contribution in [0.4, 0.5) is 0 Å². The average molecular weight is 319 g/mol. The van der Waals surface area contributed by atoms with Crippen LogP contribution in [0, 0.1) is 6.92 Å². The molecule has 0 spiro atoms. The van der Waals surface area contributed by atoms with Crippen molar-refractivity contribution in [2.45, 2.75) is 86.0 Å². The van der Waals surface area contributed by atoms with Crippen molar-refractivity contribution in [1.82, 2.24) is 0 Å². The highest BCUT2D eigenvalue weighted by Gasteiger charge is 2.04. The Bertz CT molecular complexity index is 475. The molecule has 2 nitrogen and oxygen atoms in total. The number of hydrogen-bond acceptors (Lipinski definition) is 2. The Labute approximate surface area is 142 Å². The molecule has 1 rings (SSSR count). The van der Waals surface area contributed by atoms with Gasteiger partial charge in [-0.15, -0.1) is 0 Å². The van der Waals surface area contributed by atoms with E-state index in [0.29, 0.717) is 12.2 Å². The molecule has 0 fully saturated rings. The molecular weight excluding hydrogens is 284 g/mol. The fraction of sp³-hybridized carbons (Fsp3) is 0.619. The zero-order valence-electron chi connectivity index (χ0n) is 15.7. The molecule has 0 unspecified atom stereocenters. The molecule has 0 bridgehead atoms. The molecule has 1 aromatic rings. The number of carbonyl (C=O) groups is 2. The van der Waals surface area contributed by atoms with Gasteiger partial charge in [0.2, 0.25) is 0 Å². The summed E-state index contributed by atoms with van der Waals surface area (Å²) in [4.78, 5) is 21.9. The molecule has 0 amide bonds. The Balaban J connectivity index is 0.000000438. The van der Waals surface area contributed by atoms with Crippen molar-refractivity contribution in [3.63, 3.8) is 0 Å². The Kier molecular flexibility index (Phi) is 12.2. The third kappa shape index (κ3) is 10.8. The van der Waals surface area contributed by atoms with Gasteiger partial charge in [-0.3, -0.25) is 4.79 Å². The molecule has 0 N–H and O–H groups in total. The number of aryl methyl sites for hydroxylation is 2.